The van der Waals surface area contributed by atoms with Crippen LogP contribution in [0.25, 0.3) is 10.9 Å². The summed E-state index contributed by atoms with van der Waals surface area (Å²) in [6.45, 7) is 0.788. The van der Waals surface area contributed by atoms with Crippen LogP contribution in [0.1, 0.15) is 41.4 Å². The minimum absolute atomic E-state index is 0.0715. The third kappa shape index (κ3) is 3.00. The number of carbonyl (C=O) groups is 1. The summed E-state index contributed by atoms with van der Waals surface area (Å²) in [6, 6.07) is 17.9. The van der Waals surface area contributed by atoms with Gasteiger partial charge in [-0.1, -0.05) is 24.3 Å². The molecule has 128 valence electrons. The molecule has 1 atom stereocenters. The smallest absolute Gasteiger partial charge is 0.254 e. The van der Waals surface area contributed by atoms with E-state index in [9.17, 15) is 4.79 Å². The van der Waals surface area contributed by atoms with Gasteiger partial charge in [-0.05, 0) is 55.0 Å². The number of amides is 1. The van der Waals surface area contributed by atoms with Gasteiger partial charge in [-0.3, -0.25) is 4.79 Å². The maximum atomic E-state index is 13.1. The van der Waals surface area contributed by atoms with Crippen LogP contribution in [-0.4, -0.2) is 29.4 Å². The molecular weight excluding hydrogens is 312 g/mol. The van der Waals surface area contributed by atoms with Crippen LogP contribution in [0.15, 0.2) is 54.6 Å². The molecule has 0 bridgehead atoms. The van der Waals surface area contributed by atoms with Gasteiger partial charge >= 0.3 is 0 Å². The molecule has 0 radical (unpaired) electrons. The summed E-state index contributed by atoms with van der Waals surface area (Å²) >= 11 is 0. The lowest BCUT2D eigenvalue weighted by Gasteiger charge is -2.35. The Morgan fingerprint density at radius 3 is 2.84 bits per heavy atom. The van der Waals surface area contributed by atoms with E-state index in [4.69, 9.17) is 4.74 Å². The monoisotopic (exact) mass is 334 g/mol. The molecule has 1 N–H and O–H groups in total. The summed E-state index contributed by atoms with van der Waals surface area (Å²) in [5, 5.41) is 1.19. The Hall–Kier alpha value is -2.75. The molecule has 25 heavy (non-hydrogen) atoms. The minimum Gasteiger partial charge on any atom is -0.497 e. The van der Waals surface area contributed by atoms with Crippen LogP contribution in [-0.2, 0) is 0 Å². The maximum absolute atomic E-state index is 13.1. The Bertz CT molecular complexity index is 867. The van der Waals surface area contributed by atoms with Crippen LogP contribution >= 0.6 is 0 Å². The van der Waals surface area contributed by atoms with Gasteiger partial charge in [0.1, 0.15) is 5.75 Å². The molecule has 2 aromatic carbocycles. The number of aromatic nitrogens is 1. The van der Waals surface area contributed by atoms with Crippen LogP contribution in [0.5, 0.6) is 5.75 Å². The van der Waals surface area contributed by atoms with Crippen molar-refractivity contribution < 1.29 is 9.53 Å². The van der Waals surface area contributed by atoms with Crippen molar-refractivity contribution in [3.63, 3.8) is 0 Å². The second-order valence-corrected chi connectivity index (χ2v) is 6.55. The standard InChI is InChI=1S/C21H22N2O2/c1-25-17-9-6-8-16(13-17)21(24)23-12-5-4-11-20(23)19-14-15-7-2-3-10-18(15)22-19/h2-3,6-10,13-14,20,22H,4-5,11-12H2,1H3. The van der Waals surface area contributed by atoms with Crippen molar-refractivity contribution in [3.8, 4) is 5.75 Å². The summed E-state index contributed by atoms with van der Waals surface area (Å²) in [6.07, 6.45) is 3.18. The van der Waals surface area contributed by atoms with E-state index in [-0.39, 0.29) is 11.9 Å². The van der Waals surface area contributed by atoms with E-state index in [1.54, 1.807) is 7.11 Å². The molecule has 1 aromatic heterocycles. The predicted octanol–water partition coefficient (Wildman–Crippen LogP) is 4.54. The highest BCUT2D eigenvalue weighted by atomic mass is 16.5. The number of methoxy groups -OCH3 is 1. The number of fused-ring (bicyclic) bond motifs is 1. The molecule has 1 aliphatic heterocycles. The molecule has 4 nitrogen and oxygen atoms in total. The van der Waals surface area contributed by atoms with E-state index in [1.165, 1.54) is 5.39 Å². The first kappa shape index (κ1) is 15.8. The fraction of sp³-hybridized carbons (Fsp3) is 0.286. The maximum Gasteiger partial charge on any atom is 0.254 e. The van der Waals surface area contributed by atoms with Gasteiger partial charge in [0.15, 0.2) is 0 Å². The van der Waals surface area contributed by atoms with Crippen molar-refractivity contribution in [1.29, 1.82) is 0 Å². The zero-order valence-electron chi connectivity index (χ0n) is 14.4. The van der Waals surface area contributed by atoms with Gasteiger partial charge in [-0.15, -0.1) is 0 Å². The number of ether oxygens (including phenoxy) is 1. The van der Waals surface area contributed by atoms with E-state index >= 15 is 0 Å². The van der Waals surface area contributed by atoms with Crippen molar-refractivity contribution in [2.45, 2.75) is 25.3 Å². The molecule has 4 heteroatoms. The zero-order chi connectivity index (χ0) is 17.2. The number of nitrogens with zero attached hydrogens (tertiary/aromatic N) is 1. The molecule has 1 saturated heterocycles. The summed E-state index contributed by atoms with van der Waals surface area (Å²) < 4.78 is 5.27. The molecular formula is C21H22N2O2. The van der Waals surface area contributed by atoms with E-state index in [0.717, 1.165) is 37.0 Å². The SMILES string of the molecule is COc1cccc(C(=O)N2CCCCC2c2cc3ccccc3[nH]2)c1. The van der Waals surface area contributed by atoms with Gasteiger partial charge < -0.3 is 14.6 Å². The van der Waals surface area contributed by atoms with Gasteiger partial charge in [-0.25, -0.2) is 0 Å². The van der Waals surface area contributed by atoms with Crippen LogP contribution < -0.4 is 4.74 Å². The highest BCUT2D eigenvalue weighted by Gasteiger charge is 2.29. The Morgan fingerprint density at radius 2 is 2.00 bits per heavy atom. The lowest BCUT2D eigenvalue weighted by atomic mass is 9.98. The first-order valence-corrected chi connectivity index (χ1v) is 8.79. The molecule has 1 amide bonds. The number of H-pyrrole nitrogens is 1. The fourth-order valence-corrected chi connectivity index (χ4v) is 3.70. The van der Waals surface area contributed by atoms with Gasteiger partial charge in [0.05, 0.1) is 13.2 Å². The third-order valence-corrected chi connectivity index (χ3v) is 4.99. The Labute approximate surface area is 147 Å². The normalized spacial score (nSPS) is 17.6. The molecule has 0 saturated carbocycles. The van der Waals surface area contributed by atoms with Crippen molar-refractivity contribution in [3.05, 3.63) is 65.9 Å². The zero-order valence-corrected chi connectivity index (χ0v) is 14.4. The average Bonchev–Trinajstić information content (AvgIpc) is 3.11. The molecule has 0 spiro atoms. The van der Waals surface area contributed by atoms with Crippen molar-refractivity contribution in [2.24, 2.45) is 0 Å². The Kier molecular flexibility index (Phi) is 4.18. The molecule has 0 aliphatic carbocycles. The second kappa shape index (κ2) is 6.63. The molecule has 1 fully saturated rings. The fourth-order valence-electron chi connectivity index (χ4n) is 3.70. The van der Waals surface area contributed by atoms with Crippen LogP contribution in [0.4, 0.5) is 0 Å². The molecule has 1 unspecified atom stereocenters. The lowest BCUT2D eigenvalue weighted by molar-refractivity contribution is 0.0606. The summed E-state index contributed by atoms with van der Waals surface area (Å²) in [4.78, 5) is 18.6. The largest absolute Gasteiger partial charge is 0.497 e. The average molecular weight is 334 g/mol. The second-order valence-electron chi connectivity index (χ2n) is 6.55. The lowest BCUT2D eigenvalue weighted by Crippen LogP contribution is -2.38. The van der Waals surface area contributed by atoms with Gasteiger partial charge in [0.2, 0.25) is 0 Å². The number of hydrogen-bond donors (Lipinski definition) is 1. The van der Waals surface area contributed by atoms with E-state index in [1.807, 2.05) is 41.3 Å². The van der Waals surface area contributed by atoms with Crippen LogP contribution in [0.2, 0.25) is 0 Å². The number of rotatable bonds is 3. The summed E-state index contributed by atoms with van der Waals surface area (Å²) in [5.41, 5.74) is 2.93. The highest BCUT2D eigenvalue weighted by molar-refractivity contribution is 5.95. The number of hydrogen-bond acceptors (Lipinski definition) is 2. The van der Waals surface area contributed by atoms with E-state index < -0.39 is 0 Å². The first-order chi connectivity index (χ1) is 12.3. The molecule has 2 heterocycles. The van der Waals surface area contributed by atoms with Gasteiger partial charge in [0.25, 0.3) is 5.91 Å². The molecule has 1 aliphatic rings. The van der Waals surface area contributed by atoms with Crippen molar-refractivity contribution >= 4 is 16.8 Å². The van der Waals surface area contributed by atoms with Crippen LogP contribution in [0, 0.1) is 0 Å². The molecule has 3 aromatic rings. The summed E-state index contributed by atoms with van der Waals surface area (Å²) in [5.74, 6) is 0.785. The number of benzene rings is 2. The van der Waals surface area contributed by atoms with E-state index in [0.29, 0.717) is 11.3 Å². The summed E-state index contributed by atoms with van der Waals surface area (Å²) in [7, 11) is 1.62. The number of nitrogens with one attached hydrogen (secondary N) is 1. The van der Waals surface area contributed by atoms with Crippen molar-refractivity contribution in [2.75, 3.05) is 13.7 Å². The number of para-hydroxylation sites is 1. The number of aromatic amines is 1. The number of piperidine rings is 1. The topological polar surface area (TPSA) is 45.3 Å². The van der Waals surface area contributed by atoms with Gasteiger partial charge in [-0.2, -0.15) is 0 Å². The Morgan fingerprint density at radius 1 is 1.12 bits per heavy atom. The first-order valence-electron chi connectivity index (χ1n) is 8.79. The van der Waals surface area contributed by atoms with E-state index in [2.05, 4.69) is 23.2 Å². The number of likely N-dealkylation sites (tertiary alicyclic amines) is 1. The van der Waals surface area contributed by atoms with Gasteiger partial charge in [0, 0.05) is 23.3 Å². The molecule has 4 rings (SSSR count). The highest BCUT2D eigenvalue weighted by Crippen LogP contribution is 2.33. The Balaban J connectivity index is 1.67. The number of carbonyl (C=O) groups excluding carboxylic acids is 1. The quantitative estimate of drug-likeness (QED) is 0.764. The van der Waals surface area contributed by atoms with Crippen LogP contribution in [0.3, 0.4) is 0 Å². The third-order valence-electron chi connectivity index (χ3n) is 4.99. The minimum atomic E-state index is 0.0715. The van der Waals surface area contributed by atoms with Crippen molar-refractivity contribution in [1.82, 2.24) is 9.88 Å². The predicted molar refractivity (Wildman–Crippen MR) is 98.9 cm³/mol.